The van der Waals surface area contributed by atoms with Crippen molar-refractivity contribution in [2.45, 2.75) is 13.3 Å². The van der Waals surface area contributed by atoms with Crippen molar-refractivity contribution in [1.29, 1.82) is 0 Å². The Morgan fingerprint density at radius 3 is 2.86 bits per heavy atom. The van der Waals surface area contributed by atoms with Gasteiger partial charge in [-0.1, -0.05) is 36.4 Å². The number of nitrogens with one attached hydrogen (secondary N) is 1. The summed E-state index contributed by atoms with van der Waals surface area (Å²) in [4.78, 5) is 31.5. The van der Waals surface area contributed by atoms with Crippen LogP contribution in [0.4, 0.5) is 11.4 Å². The van der Waals surface area contributed by atoms with Crippen LogP contribution in [0.1, 0.15) is 12.3 Å². The van der Waals surface area contributed by atoms with Crippen LogP contribution in [0.3, 0.4) is 0 Å². The Morgan fingerprint density at radius 2 is 1.97 bits per heavy atom. The molecule has 0 spiro atoms. The van der Waals surface area contributed by atoms with E-state index in [-0.39, 0.29) is 18.2 Å². The average Bonchev–Trinajstić information content (AvgIpc) is 3.29. The molecule has 1 unspecified atom stereocenters. The molecule has 29 heavy (non-hydrogen) atoms. The Morgan fingerprint density at radius 1 is 1.14 bits per heavy atom. The summed E-state index contributed by atoms with van der Waals surface area (Å²) in [7, 11) is 0. The summed E-state index contributed by atoms with van der Waals surface area (Å²) >= 11 is 0. The van der Waals surface area contributed by atoms with Crippen LogP contribution >= 0.6 is 0 Å². The highest BCUT2D eigenvalue weighted by Gasteiger charge is 2.35. The van der Waals surface area contributed by atoms with Crippen molar-refractivity contribution < 1.29 is 14.0 Å². The fourth-order valence-electron chi connectivity index (χ4n) is 3.92. The first-order chi connectivity index (χ1) is 14.1. The molecule has 0 radical (unpaired) electrons. The quantitative estimate of drug-likeness (QED) is 0.571. The van der Waals surface area contributed by atoms with Gasteiger partial charge in [-0.2, -0.15) is 0 Å². The van der Waals surface area contributed by atoms with Crippen LogP contribution in [-0.4, -0.2) is 23.3 Å². The molecule has 6 heteroatoms. The number of hydrogen-bond donors (Lipinski definition) is 1. The monoisotopic (exact) mass is 385 g/mol. The van der Waals surface area contributed by atoms with Gasteiger partial charge in [-0.3, -0.25) is 9.59 Å². The molecule has 1 aliphatic heterocycles. The molecule has 6 nitrogen and oxygen atoms in total. The molecule has 2 heterocycles. The zero-order chi connectivity index (χ0) is 20.0. The highest BCUT2D eigenvalue weighted by atomic mass is 16.3. The lowest BCUT2D eigenvalue weighted by atomic mass is 10.1. The molecule has 1 saturated heterocycles. The summed E-state index contributed by atoms with van der Waals surface area (Å²) in [6, 6.07) is 19.2. The van der Waals surface area contributed by atoms with Crippen molar-refractivity contribution in [3.05, 3.63) is 66.6 Å². The number of oxazole rings is 1. The van der Waals surface area contributed by atoms with Crippen LogP contribution in [0.2, 0.25) is 0 Å². The number of hydrogen-bond acceptors (Lipinski definition) is 4. The normalized spacial score (nSPS) is 16.7. The number of nitrogens with zero attached hydrogens (tertiary/aromatic N) is 2. The van der Waals surface area contributed by atoms with Crippen LogP contribution in [0.5, 0.6) is 0 Å². The van der Waals surface area contributed by atoms with Gasteiger partial charge in [0.15, 0.2) is 11.5 Å². The molecule has 5 rings (SSSR count). The zero-order valence-corrected chi connectivity index (χ0v) is 15.9. The summed E-state index contributed by atoms with van der Waals surface area (Å²) in [6.07, 6.45) is 0.195. The lowest BCUT2D eigenvalue weighted by Crippen LogP contribution is -2.28. The van der Waals surface area contributed by atoms with Gasteiger partial charge in [-0.15, -0.1) is 0 Å². The number of amides is 2. The van der Waals surface area contributed by atoms with E-state index in [1.165, 1.54) is 0 Å². The van der Waals surface area contributed by atoms with Gasteiger partial charge in [0.25, 0.3) is 0 Å². The Hall–Kier alpha value is -3.67. The number of rotatable bonds is 3. The van der Waals surface area contributed by atoms with Crippen LogP contribution in [-0.2, 0) is 9.59 Å². The minimum absolute atomic E-state index is 0.0379. The number of fused-ring (bicyclic) bond motifs is 2. The average molecular weight is 385 g/mol. The largest absolute Gasteiger partial charge is 0.441 e. The Balaban J connectivity index is 1.37. The first-order valence-electron chi connectivity index (χ1n) is 9.55. The minimum atomic E-state index is -0.406. The molecule has 0 aliphatic carbocycles. The van der Waals surface area contributed by atoms with E-state index in [4.69, 9.17) is 4.42 Å². The standard InChI is InChI=1S/C23H19N3O3/c1-14-24-19-12-17(9-10-21(19)29-14)25-23(28)16-11-22(27)26(13-16)20-8-4-6-15-5-2-3-7-18(15)20/h2-10,12,16H,11,13H2,1H3,(H,25,28). The third-order valence-corrected chi connectivity index (χ3v) is 5.32. The fraction of sp³-hybridized carbons (Fsp3) is 0.174. The molecule has 1 fully saturated rings. The number of aromatic nitrogens is 1. The van der Waals surface area contributed by atoms with E-state index < -0.39 is 5.92 Å². The summed E-state index contributed by atoms with van der Waals surface area (Å²) in [5, 5.41) is 5.00. The van der Waals surface area contributed by atoms with E-state index in [9.17, 15) is 9.59 Å². The maximum Gasteiger partial charge on any atom is 0.229 e. The Kier molecular flexibility index (Phi) is 4.05. The lowest BCUT2D eigenvalue weighted by Gasteiger charge is -2.19. The molecule has 144 valence electrons. The van der Waals surface area contributed by atoms with Crippen LogP contribution in [0.15, 0.2) is 65.1 Å². The van der Waals surface area contributed by atoms with E-state index in [1.54, 1.807) is 30.0 Å². The Labute approximate surface area is 167 Å². The van der Waals surface area contributed by atoms with E-state index in [0.29, 0.717) is 29.2 Å². The molecule has 0 bridgehead atoms. The summed E-state index contributed by atoms with van der Waals surface area (Å²) in [5.74, 6) is -0.0310. The molecule has 4 aromatic rings. The molecular weight excluding hydrogens is 366 g/mol. The van der Waals surface area contributed by atoms with Crippen molar-refractivity contribution in [3.63, 3.8) is 0 Å². The van der Waals surface area contributed by atoms with Crippen molar-refractivity contribution >= 4 is 45.1 Å². The van der Waals surface area contributed by atoms with Crippen molar-refractivity contribution in [2.24, 2.45) is 5.92 Å². The zero-order valence-electron chi connectivity index (χ0n) is 15.9. The van der Waals surface area contributed by atoms with Crippen molar-refractivity contribution in [2.75, 3.05) is 16.8 Å². The molecule has 1 N–H and O–H groups in total. The third kappa shape index (κ3) is 3.12. The fourth-order valence-corrected chi connectivity index (χ4v) is 3.92. The SMILES string of the molecule is Cc1nc2cc(NC(=O)C3CC(=O)N(c4cccc5ccccc45)C3)ccc2o1. The van der Waals surface area contributed by atoms with E-state index in [0.717, 1.165) is 16.5 Å². The smallest absolute Gasteiger partial charge is 0.229 e. The van der Waals surface area contributed by atoms with Crippen LogP contribution in [0.25, 0.3) is 21.9 Å². The van der Waals surface area contributed by atoms with E-state index >= 15 is 0 Å². The summed E-state index contributed by atoms with van der Waals surface area (Å²) in [6.45, 7) is 2.15. The van der Waals surface area contributed by atoms with Gasteiger partial charge in [0.1, 0.15) is 5.52 Å². The van der Waals surface area contributed by atoms with Crippen LogP contribution < -0.4 is 10.2 Å². The van der Waals surface area contributed by atoms with Gasteiger partial charge in [0.05, 0.1) is 11.6 Å². The van der Waals surface area contributed by atoms with Gasteiger partial charge in [-0.25, -0.2) is 4.98 Å². The lowest BCUT2D eigenvalue weighted by molar-refractivity contribution is -0.122. The highest BCUT2D eigenvalue weighted by Crippen LogP contribution is 2.32. The predicted octanol–water partition coefficient (Wildman–Crippen LogP) is 4.28. The van der Waals surface area contributed by atoms with E-state index in [1.807, 2.05) is 42.5 Å². The summed E-state index contributed by atoms with van der Waals surface area (Å²) in [5.41, 5.74) is 2.87. The second-order valence-corrected chi connectivity index (χ2v) is 7.31. The van der Waals surface area contributed by atoms with E-state index in [2.05, 4.69) is 10.3 Å². The van der Waals surface area contributed by atoms with Crippen molar-refractivity contribution in [3.8, 4) is 0 Å². The Bertz CT molecular complexity index is 1260. The number of benzene rings is 3. The number of carbonyl (C=O) groups excluding carboxylic acids is 2. The molecule has 3 aromatic carbocycles. The molecule has 1 aliphatic rings. The first-order valence-corrected chi connectivity index (χ1v) is 9.55. The van der Waals surface area contributed by atoms with Crippen LogP contribution in [0, 0.1) is 12.8 Å². The second kappa shape index (κ2) is 6.74. The first kappa shape index (κ1) is 17.4. The van der Waals surface area contributed by atoms with Gasteiger partial charge in [0, 0.05) is 31.0 Å². The van der Waals surface area contributed by atoms with Gasteiger partial charge in [-0.05, 0) is 29.7 Å². The summed E-state index contributed by atoms with van der Waals surface area (Å²) < 4.78 is 5.46. The van der Waals surface area contributed by atoms with Crippen molar-refractivity contribution in [1.82, 2.24) is 4.98 Å². The second-order valence-electron chi connectivity index (χ2n) is 7.31. The molecule has 2 amide bonds. The highest BCUT2D eigenvalue weighted by molar-refractivity contribution is 6.08. The van der Waals surface area contributed by atoms with Gasteiger partial charge < -0.3 is 14.6 Å². The molecule has 0 saturated carbocycles. The predicted molar refractivity (Wildman–Crippen MR) is 112 cm³/mol. The molecule has 1 atom stereocenters. The number of aryl methyl sites for hydroxylation is 1. The maximum atomic E-state index is 12.8. The number of carbonyl (C=O) groups is 2. The number of anilines is 2. The molecular formula is C23H19N3O3. The maximum absolute atomic E-state index is 12.8. The van der Waals surface area contributed by atoms with Gasteiger partial charge in [0.2, 0.25) is 11.8 Å². The molecule has 1 aromatic heterocycles. The minimum Gasteiger partial charge on any atom is -0.441 e. The third-order valence-electron chi connectivity index (χ3n) is 5.32. The van der Waals surface area contributed by atoms with Gasteiger partial charge >= 0.3 is 0 Å². The topological polar surface area (TPSA) is 75.4 Å².